The maximum atomic E-state index is 13.0. The highest BCUT2D eigenvalue weighted by molar-refractivity contribution is 6.31. The molecule has 1 amide bonds. The molecule has 0 spiro atoms. The van der Waals surface area contributed by atoms with Gasteiger partial charge >= 0.3 is 5.97 Å². The number of amides is 1. The standard InChI is InChI=1S/C22H19Cl2N3O3/c1-2-30-22(29)20-18-13-26(21(28)14-4-3-5-16(24)12-14)11-10-19(18)27(25-20)17-8-6-15(23)7-9-17/h3-9,12H,2,10-11,13H2,1H3. The molecule has 0 saturated heterocycles. The summed E-state index contributed by atoms with van der Waals surface area (Å²) in [6.45, 7) is 2.75. The van der Waals surface area contributed by atoms with Crippen molar-refractivity contribution < 1.29 is 14.3 Å². The first-order valence-electron chi connectivity index (χ1n) is 9.56. The number of hydrogen-bond acceptors (Lipinski definition) is 4. The van der Waals surface area contributed by atoms with Gasteiger partial charge < -0.3 is 9.64 Å². The molecule has 0 fully saturated rings. The van der Waals surface area contributed by atoms with Crippen LogP contribution < -0.4 is 0 Å². The van der Waals surface area contributed by atoms with Gasteiger partial charge in [-0.2, -0.15) is 5.10 Å². The fraction of sp³-hybridized carbons (Fsp3) is 0.227. The highest BCUT2D eigenvalue weighted by Gasteiger charge is 2.31. The van der Waals surface area contributed by atoms with Crippen molar-refractivity contribution in [1.82, 2.24) is 14.7 Å². The number of nitrogens with zero attached hydrogens (tertiary/aromatic N) is 3. The minimum Gasteiger partial charge on any atom is -0.461 e. The van der Waals surface area contributed by atoms with E-state index in [9.17, 15) is 9.59 Å². The predicted octanol–water partition coefficient (Wildman–Crippen LogP) is 4.55. The molecule has 1 aromatic heterocycles. The van der Waals surface area contributed by atoms with Crippen LogP contribution in [0.4, 0.5) is 0 Å². The van der Waals surface area contributed by atoms with Crippen LogP contribution in [0.25, 0.3) is 5.69 Å². The maximum absolute atomic E-state index is 13.0. The quantitative estimate of drug-likeness (QED) is 0.554. The normalized spacial score (nSPS) is 13.1. The zero-order chi connectivity index (χ0) is 21.3. The Kier molecular flexibility index (Phi) is 5.79. The Bertz CT molecular complexity index is 1110. The van der Waals surface area contributed by atoms with Crippen molar-refractivity contribution in [3.05, 3.63) is 81.1 Å². The molecular formula is C22H19Cl2N3O3. The van der Waals surface area contributed by atoms with Crippen molar-refractivity contribution in [3.8, 4) is 5.69 Å². The second kappa shape index (κ2) is 8.50. The van der Waals surface area contributed by atoms with Gasteiger partial charge in [-0.15, -0.1) is 0 Å². The third-order valence-electron chi connectivity index (χ3n) is 4.96. The van der Waals surface area contributed by atoms with Crippen molar-refractivity contribution in [1.29, 1.82) is 0 Å². The first-order valence-corrected chi connectivity index (χ1v) is 10.3. The molecule has 154 valence electrons. The van der Waals surface area contributed by atoms with Crippen LogP contribution in [-0.2, 0) is 17.7 Å². The fourth-order valence-corrected chi connectivity index (χ4v) is 3.87. The van der Waals surface area contributed by atoms with Crippen LogP contribution >= 0.6 is 23.2 Å². The van der Waals surface area contributed by atoms with E-state index in [-0.39, 0.29) is 24.8 Å². The summed E-state index contributed by atoms with van der Waals surface area (Å²) in [4.78, 5) is 27.3. The third kappa shape index (κ3) is 3.93. The Morgan fingerprint density at radius 1 is 1.10 bits per heavy atom. The Morgan fingerprint density at radius 3 is 2.57 bits per heavy atom. The minimum atomic E-state index is -0.501. The maximum Gasteiger partial charge on any atom is 0.359 e. The number of benzene rings is 2. The topological polar surface area (TPSA) is 64.4 Å². The zero-order valence-corrected chi connectivity index (χ0v) is 17.8. The summed E-state index contributed by atoms with van der Waals surface area (Å²) in [5, 5.41) is 5.65. The van der Waals surface area contributed by atoms with E-state index < -0.39 is 5.97 Å². The highest BCUT2D eigenvalue weighted by atomic mass is 35.5. The molecule has 2 aromatic carbocycles. The van der Waals surface area contributed by atoms with E-state index in [2.05, 4.69) is 5.10 Å². The summed E-state index contributed by atoms with van der Waals surface area (Å²) < 4.78 is 6.94. The highest BCUT2D eigenvalue weighted by Crippen LogP contribution is 2.28. The molecule has 3 aromatic rings. The van der Waals surface area contributed by atoms with E-state index in [4.69, 9.17) is 27.9 Å². The van der Waals surface area contributed by atoms with Gasteiger partial charge in [0.15, 0.2) is 5.69 Å². The molecule has 0 N–H and O–H groups in total. The number of halogens is 2. The van der Waals surface area contributed by atoms with Crippen molar-refractivity contribution in [2.75, 3.05) is 13.2 Å². The van der Waals surface area contributed by atoms with Gasteiger partial charge in [0.05, 0.1) is 24.5 Å². The first-order chi connectivity index (χ1) is 14.5. The summed E-state index contributed by atoms with van der Waals surface area (Å²) in [5.74, 6) is -0.643. The summed E-state index contributed by atoms with van der Waals surface area (Å²) >= 11 is 12.0. The number of rotatable bonds is 4. The van der Waals surface area contributed by atoms with Crippen LogP contribution in [0.1, 0.15) is 39.0 Å². The number of ether oxygens (including phenoxy) is 1. The second-order valence-corrected chi connectivity index (χ2v) is 7.74. The summed E-state index contributed by atoms with van der Waals surface area (Å²) in [6, 6.07) is 14.1. The molecule has 0 unspecified atom stereocenters. The molecule has 30 heavy (non-hydrogen) atoms. The average Bonchev–Trinajstić information content (AvgIpc) is 3.13. The molecule has 0 saturated carbocycles. The van der Waals surface area contributed by atoms with E-state index in [1.54, 1.807) is 52.9 Å². The van der Waals surface area contributed by atoms with Gasteiger partial charge in [0.25, 0.3) is 5.91 Å². The minimum absolute atomic E-state index is 0.141. The molecule has 1 aliphatic heterocycles. The molecule has 1 aliphatic rings. The first kappa shape index (κ1) is 20.4. The van der Waals surface area contributed by atoms with Gasteiger partial charge in [-0.25, -0.2) is 9.48 Å². The number of aromatic nitrogens is 2. The van der Waals surface area contributed by atoms with Gasteiger partial charge in [-0.05, 0) is 49.4 Å². The Labute approximate surface area is 184 Å². The lowest BCUT2D eigenvalue weighted by Gasteiger charge is -2.28. The monoisotopic (exact) mass is 443 g/mol. The molecule has 0 bridgehead atoms. The molecule has 6 nitrogen and oxygen atoms in total. The lowest BCUT2D eigenvalue weighted by atomic mass is 10.0. The van der Waals surface area contributed by atoms with E-state index in [1.807, 2.05) is 12.1 Å². The summed E-state index contributed by atoms with van der Waals surface area (Å²) in [6.07, 6.45) is 0.552. The zero-order valence-electron chi connectivity index (χ0n) is 16.3. The molecule has 4 rings (SSSR count). The smallest absolute Gasteiger partial charge is 0.359 e. The van der Waals surface area contributed by atoms with Crippen LogP contribution in [0.5, 0.6) is 0 Å². The average molecular weight is 444 g/mol. The van der Waals surface area contributed by atoms with Gasteiger partial charge in [0, 0.05) is 34.1 Å². The van der Waals surface area contributed by atoms with Gasteiger partial charge in [0.2, 0.25) is 0 Å². The van der Waals surface area contributed by atoms with Gasteiger partial charge in [0.1, 0.15) is 0 Å². The van der Waals surface area contributed by atoms with Crippen LogP contribution in [-0.4, -0.2) is 39.7 Å². The molecule has 0 radical (unpaired) electrons. The van der Waals surface area contributed by atoms with Crippen molar-refractivity contribution in [2.45, 2.75) is 19.9 Å². The van der Waals surface area contributed by atoms with E-state index in [0.29, 0.717) is 34.1 Å². The molecule has 8 heteroatoms. The van der Waals surface area contributed by atoms with Crippen LogP contribution in [0.15, 0.2) is 48.5 Å². The Balaban J connectivity index is 1.72. The number of esters is 1. The van der Waals surface area contributed by atoms with Crippen LogP contribution in [0.3, 0.4) is 0 Å². The van der Waals surface area contributed by atoms with Crippen molar-refractivity contribution in [3.63, 3.8) is 0 Å². The van der Waals surface area contributed by atoms with E-state index >= 15 is 0 Å². The second-order valence-electron chi connectivity index (χ2n) is 6.87. The molecular weight excluding hydrogens is 425 g/mol. The molecule has 2 heterocycles. The lowest BCUT2D eigenvalue weighted by Crippen LogP contribution is -2.36. The fourth-order valence-electron chi connectivity index (χ4n) is 3.56. The molecule has 0 aliphatic carbocycles. The van der Waals surface area contributed by atoms with E-state index in [0.717, 1.165) is 11.4 Å². The van der Waals surface area contributed by atoms with Crippen LogP contribution in [0, 0.1) is 0 Å². The Morgan fingerprint density at radius 2 is 1.87 bits per heavy atom. The number of carbonyl (C=O) groups is 2. The van der Waals surface area contributed by atoms with Gasteiger partial charge in [-0.3, -0.25) is 4.79 Å². The predicted molar refractivity (Wildman–Crippen MR) is 114 cm³/mol. The van der Waals surface area contributed by atoms with Gasteiger partial charge in [-0.1, -0.05) is 29.3 Å². The lowest BCUT2D eigenvalue weighted by molar-refractivity contribution is 0.0513. The third-order valence-corrected chi connectivity index (χ3v) is 5.44. The molecule has 0 atom stereocenters. The Hall–Kier alpha value is -2.83. The number of carbonyl (C=O) groups excluding carboxylic acids is 2. The van der Waals surface area contributed by atoms with E-state index in [1.165, 1.54) is 0 Å². The number of hydrogen-bond donors (Lipinski definition) is 0. The van der Waals surface area contributed by atoms with Crippen molar-refractivity contribution >= 4 is 35.1 Å². The van der Waals surface area contributed by atoms with Crippen molar-refractivity contribution in [2.24, 2.45) is 0 Å². The summed E-state index contributed by atoms with van der Waals surface area (Å²) in [7, 11) is 0. The number of fused-ring (bicyclic) bond motifs is 1. The summed E-state index contributed by atoms with van der Waals surface area (Å²) in [5.41, 5.74) is 3.11. The largest absolute Gasteiger partial charge is 0.461 e. The van der Waals surface area contributed by atoms with Crippen LogP contribution in [0.2, 0.25) is 10.0 Å². The SMILES string of the molecule is CCOC(=O)c1nn(-c2ccc(Cl)cc2)c2c1CN(C(=O)c1cccc(Cl)c1)CC2.